The van der Waals surface area contributed by atoms with Crippen LogP contribution in [-0.2, 0) is 0 Å². The van der Waals surface area contributed by atoms with Crippen molar-refractivity contribution in [3.63, 3.8) is 0 Å². The van der Waals surface area contributed by atoms with Crippen molar-refractivity contribution in [3.05, 3.63) is 17.0 Å². The Hall–Kier alpha value is -1.16. The van der Waals surface area contributed by atoms with Crippen LogP contribution in [0.5, 0.6) is 0 Å². The second-order valence-corrected chi connectivity index (χ2v) is 5.29. The van der Waals surface area contributed by atoms with Gasteiger partial charge in [-0.1, -0.05) is 32.4 Å². The van der Waals surface area contributed by atoms with Gasteiger partial charge in [0.1, 0.15) is 17.3 Å². The first kappa shape index (κ1) is 12.9. The van der Waals surface area contributed by atoms with Crippen molar-refractivity contribution >= 4 is 23.7 Å². The van der Waals surface area contributed by atoms with E-state index >= 15 is 0 Å². The van der Waals surface area contributed by atoms with Gasteiger partial charge in [0, 0.05) is 13.6 Å². The number of halogens is 1. The third-order valence-corrected chi connectivity index (χ3v) is 2.31. The van der Waals surface area contributed by atoms with Crippen LogP contribution in [0.4, 0.5) is 5.82 Å². The van der Waals surface area contributed by atoms with Crippen molar-refractivity contribution in [1.82, 2.24) is 9.97 Å². The summed E-state index contributed by atoms with van der Waals surface area (Å²) in [6.07, 6.45) is 2.06. The molecule has 0 unspecified atom stereocenters. The minimum Gasteiger partial charge on any atom is -0.358 e. The van der Waals surface area contributed by atoms with Crippen LogP contribution in [0.3, 0.4) is 0 Å². The van der Waals surface area contributed by atoms with Gasteiger partial charge in [0.2, 0.25) is 0 Å². The summed E-state index contributed by atoms with van der Waals surface area (Å²) in [6.45, 7) is 7.13. The van der Waals surface area contributed by atoms with Gasteiger partial charge in [0.25, 0.3) is 0 Å². The smallest absolute Gasteiger partial charge is 0.156 e. The van der Waals surface area contributed by atoms with Crippen molar-refractivity contribution in [3.8, 4) is 0 Å². The number of anilines is 1. The molecule has 0 fully saturated rings. The number of hydrogen-bond donors (Lipinski definition) is 0. The van der Waals surface area contributed by atoms with E-state index in [-0.39, 0.29) is 10.6 Å². The van der Waals surface area contributed by atoms with Gasteiger partial charge in [-0.3, -0.25) is 4.79 Å². The van der Waals surface area contributed by atoms with E-state index in [1.54, 1.807) is 0 Å². The molecular weight excluding hydrogens is 226 g/mol. The number of carbonyl (C=O) groups excluding carboxylic acids is 1. The Labute approximate surface area is 101 Å². The molecule has 0 aliphatic rings. The molecule has 88 valence electrons. The summed E-state index contributed by atoms with van der Waals surface area (Å²) in [5.41, 5.74) is 0.461. The highest BCUT2D eigenvalue weighted by molar-refractivity contribution is 6.32. The van der Waals surface area contributed by atoms with Gasteiger partial charge in [-0.05, 0) is 5.41 Å². The van der Waals surface area contributed by atoms with Crippen molar-refractivity contribution < 1.29 is 4.79 Å². The van der Waals surface area contributed by atoms with Gasteiger partial charge in [0.05, 0.1) is 5.56 Å². The normalized spacial score (nSPS) is 11.3. The molecule has 0 N–H and O–H groups in total. The molecule has 0 aliphatic carbocycles. The van der Waals surface area contributed by atoms with Crippen LogP contribution in [0.2, 0.25) is 5.15 Å². The predicted octanol–water partition coefficient (Wildman–Crippen LogP) is 2.42. The van der Waals surface area contributed by atoms with E-state index in [1.165, 1.54) is 6.33 Å². The van der Waals surface area contributed by atoms with Crippen LogP contribution < -0.4 is 4.90 Å². The fourth-order valence-corrected chi connectivity index (χ4v) is 1.73. The van der Waals surface area contributed by atoms with Gasteiger partial charge in [0.15, 0.2) is 6.29 Å². The van der Waals surface area contributed by atoms with E-state index in [4.69, 9.17) is 11.6 Å². The van der Waals surface area contributed by atoms with Crippen LogP contribution >= 0.6 is 11.6 Å². The molecule has 1 aromatic heterocycles. The lowest BCUT2D eigenvalue weighted by molar-refractivity contribution is 0.112. The summed E-state index contributed by atoms with van der Waals surface area (Å²) in [5, 5.41) is 0.195. The summed E-state index contributed by atoms with van der Waals surface area (Å²) in [5.74, 6) is 0.574. The van der Waals surface area contributed by atoms with Crippen LogP contribution in [-0.4, -0.2) is 29.8 Å². The molecule has 0 atom stereocenters. The zero-order valence-corrected chi connectivity index (χ0v) is 10.7. The van der Waals surface area contributed by atoms with Crippen molar-refractivity contribution in [2.45, 2.75) is 20.8 Å². The second-order valence-electron chi connectivity index (χ2n) is 4.94. The molecular formula is C11H16ClN3O. The minimum atomic E-state index is 0.117. The molecule has 0 saturated heterocycles. The molecule has 4 nitrogen and oxygen atoms in total. The molecule has 5 heteroatoms. The number of aromatic nitrogens is 2. The van der Waals surface area contributed by atoms with E-state index in [0.29, 0.717) is 17.7 Å². The Balaban J connectivity index is 3.04. The number of nitrogens with zero attached hydrogens (tertiary/aromatic N) is 3. The number of rotatable bonds is 3. The highest BCUT2D eigenvalue weighted by Crippen LogP contribution is 2.23. The third-order valence-electron chi connectivity index (χ3n) is 2.01. The Kier molecular flexibility index (Phi) is 3.86. The lowest BCUT2D eigenvalue weighted by Gasteiger charge is -2.28. The number of carbonyl (C=O) groups is 1. The molecule has 0 saturated carbocycles. The van der Waals surface area contributed by atoms with Crippen molar-refractivity contribution in [2.24, 2.45) is 5.41 Å². The fourth-order valence-electron chi connectivity index (χ4n) is 1.56. The van der Waals surface area contributed by atoms with Gasteiger partial charge >= 0.3 is 0 Å². The van der Waals surface area contributed by atoms with Crippen molar-refractivity contribution in [1.29, 1.82) is 0 Å². The maximum atomic E-state index is 10.9. The van der Waals surface area contributed by atoms with E-state index < -0.39 is 0 Å². The maximum absolute atomic E-state index is 10.9. The highest BCUT2D eigenvalue weighted by Gasteiger charge is 2.18. The van der Waals surface area contributed by atoms with Crippen LogP contribution in [0.25, 0.3) is 0 Å². The Bertz CT molecular complexity index is 387. The zero-order valence-electron chi connectivity index (χ0n) is 9.99. The largest absolute Gasteiger partial charge is 0.358 e. The maximum Gasteiger partial charge on any atom is 0.156 e. The second kappa shape index (κ2) is 4.78. The fraction of sp³-hybridized carbons (Fsp3) is 0.545. The van der Waals surface area contributed by atoms with Crippen molar-refractivity contribution in [2.75, 3.05) is 18.5 Å². The quantitative estimate of drug-likeness (QED) is 0.602. The van der Waals surface area contributed by atoms with Gasteiger partial charge in [-0.2, -0.15) is 0 Å². The molecule has 0 bridgehead atoms. The van der Waals surface area contributed by atoms with Crippen LogP contribution in [0.15, 0.2) is 6.33 Å². The minimum absolute atomic E-state index is 0.117. The Morgan fingerprint density at radius 1 is 1.44 bits per heavy atom. The summed E-state index contributed by atoms with van der Waals surface area (Å²) in [7, 11) is 1.89. The van der Waals surface area contributed by atoms with E-state index in [9.17, 15) is 4.79 Å². The Morgan fingerprint density at radius 3 is 2.56 bits per heavy atom. The molecule has 1 aromatic rings. The lowest BCUT2D eigenvalue weighted by atomic mass is 9.96. The number of hydrogen-bond acceptors (Lipinski definition) is 4. The molecule has 0 radical (unpaired) electrons. The molecule has 1 rings (SSSR count). The topological polar surface area (TPSA) is 46.1 Å². The average molecular weight is 242 g/mol. The van der Waals surface area contributed by atoms with E-state index in [0.717, 1.165) is 6.54 Å². The molecule has 16 heavy (non-hydrogen) atoms. The molecule has 0 amide bonds. The standard InChI is InChI=1S/C11H16ClN3O/c1-11(2,3)6-15(4)10-8(5-16)9(12)13-7-14-10/h5,7H,6H2,1-4H3. The van der Waals surface area contributed by atoms with Gasteiger partial charge in [-0.15, -0.1) is 0 Å². The zero-order chi connectivity index (χ0) is 12.3. The molecule has 0 aromatic carbocycles. The number of aldehydes is 1. The molecule has 1 heterocycles. The van der Waals surface area contributed by atoms with Gasteiger partial charge in [-0.25, -0.2) is 9.97 Å². The summed E-state index contributed by atoms with van der Waals surface area (Å²) >= 11 is 5.84. The van der Waals surface area contributed by atoms with Crippen LogP contribution in [0, 0.1) is 5.41 Å². The summed E-state index contributed by atoms with van der Waals surface area (Å²) < 4.78 is 0. The van der Waals surface area contributed by atoms with E-state index in [2.05, 4.69) is 30.7 Å². The van der Waals surface area contributed by atoms with E-state index in [1.807, 2.05) is 11.9 Å². The molecule has 0 aliphatic heterocycles. The first-order chi connectivity index (χ1) is 7.35. The van der Waals surface area contributed by atoms with Crippen LogP contribution in [0.1, 0.15) is 31.1 Å². The monoisotopic (exact) mass is 241 g/mol. The average Bonchev–Trinajstić information content (AvgIpc) is 2.14. The third kappa shape index (κ3) is 3.17. The summed E-state index contributed by atoms with van der Waals surface area (Å²) in [6, 6.07) is 0. The highest BCUT2D eigenvalue weighted by atomic mass is 35.5. The lowest BCUT2D eigenvalue weighted by Crippen LogP contribution is -2.30. The summed E-state index contributed by atoms with van der Waals surface area (Å²) in [4.78, 5) is 20.7. The van der Waals surface area contributed by atoms with Gasteiger partial charge < -0.3 is 4.90 Å². The predicted molar refractivity (Wildman–Crippen MR) is 65.2 cm³/mol. The first-order valence-electron chi connectivity index (χ1n) is 5.02. The first-order valence-corrected chi connectivity index (χ1v) is 5.40. The molecule has 0 spiro atoms. The SMILES string of the molecule is CN(CC(C)(C)C)c1ncnc(Cl)c1C=O. The Morgan fingerprint density at radius 2 is 2.06 bits per heavy atom.